The summed E-state index contributed by atoms with van der Waals surface area (Å²) < 4.78 is 1.79. The number of carbonyl (C=O) groups is 1. The van der Waals surface area contributed by atoms with Crippen molar-refractivity contribution in [1.29, 1.82) is 0 Å². The molecule has 1 amide bonds. The molecule has 0 bridgehead atoms. The van der Waals surface area contributed by atoms with Gasteiger partial charge in [0.05, 0.1) is 5.69 Å². The van der Waals surface area contributed by atoms with Gasteiger partial charge in [0.15, 0.2) is 5.65 Å². The monoisotopic (exact) mass is 436 g/mol. The summed E-state index contributed by atoms with van der Waals surface area (Å²) >= 11 is 6.37. The lowest BCUT2D eigenvalue weighted by Crippen LogP contribution is -2.17. The van der Waals surface area contributed by atoms with Crippen LogP contribution < -0.4 is 16.4 Å². The SMILES string of the molecule is CNC(=O)c1ccc(Nc2nc3cccc(-c4cc(Cl)cc(CCCN)c4)n3n2)cc1.[HH]. The van der Waals surface area contributed by atoms with E-state index in [4.69, 9.17) is 17.3 Å². The summed E-state index contributed by atoms with van der Waals surface area (Å²) in [7, 11) is 1.60. The van der Waals surface area contributed by atoms with Crippen LogP contribution >= 0.6 is 11.6 Å². The fraction of sp³-hybridized carbons (Fsp3) is 0.174. The molecule has 0 atom stereocenters. The predicted molar refractivity (Wildman–Crippen MR) is 126 cm³/mol. The third-order valence-electron chi connectivity index (χ3n) is 4.91. The molecule has 4 rings (SSSR count). The van der Waals surface area contributed by atoms with Crippen molar-refractivity contribution >= 4 is 34.8 Å². The summed E-state index contributed by atoms with van der Waals surface area (Å²) in [6.45, 7) is 0.639. The average molecular weight is 437 g/mol. The van der Waals surface area contributed by atoms with E-state index in [2.05, 4.69) is 26.8 Å². The number of amides is 1. The number of carbonyl (C=O) groups excluding carboxylic acids is 1. The molecule has 7 nitrogen and oxygen atoms in total. The number of anilines is 2. The minimum Gasteiger partial charge on any atom is -0.355 e. The van der Waals surface area contributed by atoms with Crippen molar-refractivity contribution in [2.45, 2.75) is 12.8 Å². The van der Waals surface area contributed by atoms with E-state index in [0.717, 1.165) is 35.3 Å². The molecule has 31 heavy (non-hydrogen) atoms. The molecule has 0 spiro atoms. The third kappa shape index (κ3) is 4.68. The Balaban J connectivity index is 0.00000289. The second-order valence-corrected chi connectivity index (χ2v) is 7.57. The third-order valence-corrected chi connectivity index (χ3v) is 5.13. The summed E-state index contributed by atoms with van der Waals surface area (Å²) in [6, 6.07) is 19.0. The first kappa shape index (κ1) is 20.8. The lowest BCUT2D eigenvalue weighted by molar-refractivity contribution is 0.0963. The van der Waals surface area contributed by atoms with Crippen LogP contribution in [0.3, 0.4) is 0 Å². The van der Waals surface area contributed by atoms with E-state index in [1.165, 1.54) is 0 Å². The summed E-state index contributed by atoms with van der Waals surface area (Å²) in [5.74, 6) is 0.333. The zero-order valence-corrected chi connectivity index (χ0v) is 17.9. The van der Waals surface area contributed by atoms with Crippen LogP contribution in [-0.2, 0) is 6.42 Å². The van der Waals surface area contributed by atoms with Gasteiger partial charge in [-0.2, -0.15) is 4.98 Å². The number of aromatic nitrogens is 3. The molecule has 2 aromatic heterocycles. The summed E-state index contributed by atoms with van der Waals surface area (Å²) in [6.07, 6.45) is 1.77. The first-order valence-corrected chi connectivity index (χ1v) is 10.4. The van der Waals surface area contributed by atoms with Gasteiger partial charge in [0, 0.05) is 30.3 Å². The molecule has 0 unspecified atom stereocenters. The minimum absolute atomic E-state index is 0. The maximum atomic E-state index is 11.7. The summed E-state index contributed by atoms with van der Waals surface area (Å²) in [5.41, 5.74) is 10.7. The van der Waals surface area contributed by atoms with Crippen LogP contribution in [0.15, 0.2) is 60.7 Å². The smallest absolute Gasteiger partial charge is 0.251 e. The highest BCUT2D eigenvalue weighted by Crippen LogP contribution is 2.27. The first-order valence-electron chi connectivity index (χ1n) is 10.0. The number of fused-ring (bicyclic) bond motifs is 1. The molecule has 0 saturated heterocycles. The number of benzene rings is 2. The van der Waals surface area contributed by atoms with Gasteiger partial charge in [-0.1, -0.05) is 17.7 Å². The van der Waals surface area contributed by atoms with Crippen LogP contribution in [0.1, 0.15) is 23.8 Å². The topological polar surface area (TPSA) is 97.3 Å². The molecule has 4 aromatic rings. The van der Waals surface area contributed by atoms with Gasteiger partial charge in [-0.15, -0.1) is 5.10 Å². The Labute approximate surface area is 186 Å². The molecule has 0 saturated carbocycles. The molecule has 0 aliphatic rings. The summed E-state index contributed by atoms with van der Waals surface area (Å²) in [5, 5.41) is 11.1. The van der Waals surface area contributed by atoms with Crippen molar-refractivity contribution in [1.82, 2.24) is 19.9 Å². The van der Waals surface area contributed by atoms with Crippen molar-refractivity contribution in [2.24, 2.45) is 5.73 Å². The second-order valence-electron chi connectivity index (χ2n) is 7.14. The Kier molecular flexibility index (Phi) is 6.16. The van der Waals surface area contributed by atoms with Gasteiger partial charge >= 0.3 is 0 Å². The molecule has 0 aliphatic carbocycles. The fourth-order valence-electron chi connectivity index (χ4n) is 3.40. The number of rotatable bonds is 7. The highest BCUT2D eigenvalue weighted by atomic mass is 35.5. The molecule has 0 radical (unpaired) electrons. The number of nitrogens with zero attached hydrogens (tertiary/aromatic N) is 3. The average Bonchev–Trinajstić information content (AvgIpc) is 3.19. The molecule has 0 aliphatic heterocycles. The van der Waals surface area contributed by atoms with Crippen LogP contribution in [0.5, 0.6) is 0 Å². The Bertz CT molecular complexity index is 1230. The van der Waals surface area contributed by atoms with Crippen LogP contribution in [0.2, 0.25) is 5.02 Å². The van der Waals surface area contributed by atoms with E-state index in [1.54, 1.807) is 23.7 Å². The quantitative estimate of drug-likeness (QED) is 0.401. The molecular formula is C23H25ClN6O. The zero-order chi connectivity index (χ0) is 21.8. The van der Waals surface area contributed by atoms with Crippen molar-refractivity contribution in [3.63, 3.8) is 0 Å². The van der Waals surface area contributed by atoms with Crippen LogP contribution in [-0.4, -0.2) is 34.1 Å². The standard InChI is InChI=1S/C23H23ClN6O.H2/c1-26-22(31)16-7-9-19(10-8-16)27-23-28-21-6-2-5-20(30(21)29-23)17-12-15(4-3-11-25)13-18(24)14-17;/h2,5-10,12-14H,3-4,11,25H2,1H3,(H,26,31)(H,27,29);1H. The first-order chi connectivity index (χ1) is 15.1. The normalized spacial score (nSPS) is 10.9. The Hall–Kier alpha value is -3.42. The maximum absolute atomic E-state index is 11.7. The van der Waals surface area contributed by atoms with Gasteiger partial charge in [-0.05, 0) is 79.5 Å². The van der Waals surface area contributed by atoms with Gasteiger partial charge in [0.2, 0.25) is 5.95 Å². The molecule has 8 heteroatoms. The highest BCUT2D eigenvalue weighted by molar-refractivity contribution is 6.31. The Morgan fingerprint density at radius 3 is 2.71 bits per heavy atom. The maximum Gasteiger partial charge on any atom is 0.251 e. The zero-order valence-electron chi connectivity index (χ0n) is 17.1. The van der Waals surface area contributed by atoms with E-state index in [0.29, 0.717) is 28.7 Å². The molecular weight excluding hydrogens is 412 g/mol. The fourth-order valence-corrected chi connectivity index (χ4v) is 3.66. The van der Waals surface area contributed by atoms with Crippen LogP contribution in [0, 0.1) is 0 Å². The van der Waals surface area contributed by atoms with E-state index >= 15 is 0 Å². The van der Waals surface area contributed by atoms with Gasteiger partial charge in [-0.25, -0.2) is 4.52 Å². The Morgan fingerprint density at radius 1 is 1.16 bits per heavy atom. The van der Waals surface area contributed by atoms with E-state index in [1.807, 2.05) is 42.5 Å². The van der Waals surface area contributed by atoms with Crippen LogP contribution in [0.25, 0.3) is 16.9 Å². The van der Waals surface area contributed by atoms with Crippen molar-refractivity contribution in [3.05, 3.63) is 76.8 Å². The minimum atomic E-state index is -0.130. The van der Waals surface area contributed by atoms with Gasteiger partial charge in [-0.3, -0.25) is 4.79 Å². The lowest BCUT2D eigenvalue weighted by Gasteiger charge is -2.08. The number of nitrogens with one attached hydrogen (secondary N) is 2. The Morgan fingerprint density at radius 2 is 1.97 bits per heavy atom. The van der Waals surface area contributed by atoms with Gasteiger partial charge in [0.1, 0.15) is 0 Å². The van der Waals surface area contributed by atoms with E-state index in [-0.39, 0.29) is 7.33 Å². The highest BCUT2D eigenvalue weighted by Gasteiger charge is 2.11. The molecule has 2 aromatic carbocycles. The number of hydrogen-bond acceptors (Lipinski definition) is 5. The van der Waals surface area contributed by atoms with Crippen molar-refractivity contribution in [2.75, 3.05) is 18.9 Å². The second kappa shape index (κ2) is 9.16. The van der Waals surface area contributed by atoms with Gasteiger partial charge < -0.3 is 16.4 Å². The number of aryl methyl sites for hydroxylation is 1. The van der Waals surface area contributed by atoms with Crippen molar-refractivity contribution in [3.8, 4) is 11.3 Å². The number of nitrogens with two attached hydrogens (primary N) is 1. The molecule has 4 N–H and O–H groups in total. The number of pyridine rings is 1. The van der Waals surface area contributed by atoms with E-state index < -0.39 is 0 Å². The lowest BCUT2D eigenvalue weighted by atomic mass is 10.0. The molecule has 2 heterocycles. The predicted octanol–water partition coefficient (Wildman–Crippen LogP) is 4.29. The number of hydrogen-bond donors (Lipinski definition) is 3. The number of halogens is 1. The van der Waals surface area contributed by atoms with Crippen molar-refractivity contribution < 1.29 is 6.22 Å². The molecule has 160 valence electrons. The van der Waals surface area contributed by atoms with E-state index in [9.17, 15) is 4.79 Å². The summed E-state index contributed by atoms with van der Waals surface area (Å²) in [4.78, 5) is 16.3. The van der Waals surface area contributed by atoms with Gasteiger partial charge in [0.25, 0.3) is 5.91 Å². The molecule has 0 fully saturated rings. The largest absolute Gasteiger partial charge is 0.355 e. The van der Waals surface area contributed by atoms with Crippen LogP contribution in [0.4, 0.5) is 11.6 Å².